The number of rotatable bonds is 6. The van der Waals surface area contributed by atoms with Crippen molar-refractivity contribution in [2.45, 2.75) is 19.8 Å². The van der Waals surface area contributed by atoms with Crippen LogP contribution in [-0.4, -0.2) is 53.9 Å². The van der Waals surface area contributed by atoms with E-state index in [1.807, 2.05) is 12.1 Å². The molecule has 0 atom stereocenters. The molecule has 1 aliphatic heterocycles. The number of halogens is 1. The van der Waals surface area contributed by atoms with Gasteiger partial charge in [-0.3, -0.25) is 9.89 Å². The average Bonchev–Trinajstić information content (AvgIpc) is 3.06. The second-order valence-corrected chi connectivity index (χ2v) is 7.53. The molecule has 1 aromatic heterocycles. The lowest BCUT2D eigenvalue weighted by molar-refractivity contribution is 0.254. The first kappa shape index (κ1) is 19.5. The van der Waals surface area contributed by atoms with Crippen LogP contribution in [0.25, 0.3) is 10.9 Å². The predicted molar refractivity (Wildman–Crippen MR) is 117 cm³/mol. The normalized spacial score (nSPS) is 15.6. The molecule has 0 bridgehead atoms. The average molecular weight is 394 g/mol. The van der Waals surface area contributed by atoms with Crippen LogP contribution in [0.3, 0.4) is 0 Å². The molecule has 0 saturated carbocycles. The molecule has 0 aliphatic carbocycles. The van der Waals surface area contributed by atoms with Crippen LogP contribution in [-0.2, 0) is 0 Å². The lowest BCUT2D eigenvalue weighted by Gasteiger charge is -2.36. The quantitative estimate of drug-likeness (QED) is 0.597. The monoisotopic (exact) mass is 394 g/mol. The van der Waals surface area contributed by atoms with Crippen LogP contribution >= 0.6 is 0 Å². The SMILES string of the molecule is CCCCN1CCN(c2ccc(N=Cc3c(O)[nH]c4ccc(F)cc34)cc2)CC1. The number of aliphatic imine (C=N–C) groups is 1. The Morgan fingerprint density at radius 1 is 1.10 bits per heavy atom. The Hall–Kier alpha value is -2.86. The van der Waals surface area contributed by atoms with Gasteiger partial charge in [-0.15, -0.1) is 0 Å². The molecule has 3 aromatic rings. The van der Waals surface area contributed by atoms with Gasteiger partial charge in [0.05, 0.1) is 11.3 Å². The van der Waals surface area contributed by atoms with Gasteiger partial charge in [0.2, 0.25) is 0 Å². The molecule has 0 spiro atoms. The number of anilines is 1. The number of aromatic amines is 1. The standard InChI is InChI=1S/C23H27FN4O/c1-2-3-10-27-11-13-28(14-12-27)19-7-5-18(6-8-19)25-16-21-20-15-17(24)4-9-22(20)26-23(21)29/h4-9,15-16,26,29H,2-3,10-14H2,1H3. The van der Waals surface area contributed by atoms with E-state index < -0.39 is 0 Å². The Labute approximate surface area is 170 Å². The summed E-state index contributed by atoms with van der Waals surface area (Å²) in [6, 6.07) is 12.5. The number of nitrogens with one attached hydrogen (secondary N) is 1. The van der Waals surface area contributed by atoms with E-state index >= 15 is 0 Å². The van der Waals surface area contributed by atoms with Gasteiger partial charge in [0.1, 0.15) is 5.82 Å². The van der Waals surface area contributed by atoms with Crippen molar-refractivity contribution in [2.24, 2.45) is 4.99 Å². The second-order valence-electron chi connectivity index (χ2n) is 7.53. The molecule has 1 saturated heterocycles. The molecule has 5 nitrogen and oxygen atoms in total. The first-order valence-electron chi connectivity index (χ1n) is 10.3. The van der Waals surface area contributed by atoms with E-state index in [9.17, 15) is 9.50 Å². The lowest BCUT2D eigenvalue weighted by atomic mass is 10.2. The van der Waals surface area contributed by atoms with E-state index in [-0.39, 0.29) is 11.7 Å². The van der Waals surface area contributed by atoms with Crippen molar-refractivity contribution in [3.63, 3.8) is 0 Å². The first-order chi connectivity index (χ1) is 14.1. The Kier molecular flexibility index (Phi) is 5.81. The van der Waals surface area contributed by atoms with Crippen LogP contribution in [0.1, 0.15) is 25.3 Å². The topological polar surface area (TPSA) is 54.9 Å². The number of piperazine rings is 1. The van der Waals surface area contributed by atoms with Crippen LogP contribution < -0.4 is 4.90 Å². The van der Waals surface area contributed by atoms with Crippen molar-refractivity contribution >= 4 is 28.5 Å². The zero-order chi connectivity index (χ0) is 20.2. The molecular formula is C23H27FN4O. The number of aromatic nitrogens is 1. The molecule has 29 heavy (non-hydrogen) atoms. The van der Waals surface area contributed by atoms with Crippen molar-refractivity contribution in [2.75, 3.05) is 37.6 Å². The molecule has 0 radical (unpaired) electrons. The fourth-order valence-corrected chi connectivity index (χ4v) is 3.80. The molecule has 1 aliphatic rings. The van der Waals surface area contributed by atoms with Gasteiger partial charge in [-0.2, -0.15) is 0 Å². The molecule has 0 amide bonds. The zero-order valence-electron chi connectivity index (χ0n) is 16.7. The molecule has 2 N–H and O–H groups in total. The van der Waals surface area contributed by atoms with E-state index in [1.54, 1.807) is 12.3 Å². The Morgan fingerprint density at radius 3 is 2.59 bits per heavy atom. The highest BCUT2D eigenvalue weighted by atomic mass is 19.1. The molecule has 152 valence electrons. The molecular weight excluding hydrogens is 367 g/mol. The maximum atomic E-state index is 13.5. The highest BCUT2D eigenvalue weighted by Crippen LogP contribution is 2.27. The number of nitrogens with zero attached hydrogens (tertiary/aromatic N) is 3. The number of hydrogen-bond acceptors (Lipinski definition) is 4. The molecule has 0 unspecified atom stereocenters. The van der Waals surface area contributed by atoms with E-state index in [0.717, 1.165) is 31.9 Å². The smallest absolute Gasteiger partial charge is 0.198 e. The number of aromatic hydroxyl groups is 1. The van der Waals surface area contributed by atoms with Crippen LogP contribution in [0.5, 0.6) is 5.88 Å². The van der Waals surface area contributed by atoms with Gasteiger partial charge in [0.25, 0.3) is 0 Å². The van der Waals surface area contributed by atoms with Crippen LogP contribution in [0.15, 0.2) is 47.5 Å². The van der Waals surface area contributed by atoms with Crippen LogP contribution in [0.4, 0.5) is 15.8 Å². The Bertz CT molecular complexity index is 988. The highest BCUT2D eigenvalue weighted by Gasteiger charge is 2.16. The van der Waals surface area contributed by atoms with E-state index in [4.69, 9.17) is 0 Å². The second kappa shape index (κ2) is 8.66. The van der Waals surface area contributed by atoms with Gasteiger partial charge < -0.3 is 15.0 Å². The first-order valence-corrected chi connectivity index (χ1v) is 10.3. The number of hydrogen-bond donors (Lipinski definition) is 2. The third-order valence-electron chi connectivity index (χ3n) is 5.54. The number of fused-ring (bicyclic) bond motifs is 1. The minimum atomic E-state index is -0.342. The van der Waals surface area contributed by atoms with Crippen LogP contribution in [0.2, 0.25) is 0 Å². The third kappa shape index (κ3) is 4.43. The van der Waals surface area contributed by atoms with Gasteiger partial charge in [-0.1, -0.05) is 13.3 Å². The molecule has 4 rings (SSSR count). The van der Waals surface area contributed by atoms with Crippen molar-refractivity contribution in [1.29, 1.82) is 0 Å². The summed E-state index contributed by atoms with van der Waals surface area (Å²) >= 11 is 0. The number of unbranched alkanes of at least 4 members (excludes halogenated alkanes) is 1. The zero-order valence-corrected chi connectivity index (χ0v) is 16.7. The molecule has 2 heterocycles. The molecule has 2 aromatic carbocycles. The Balaban J connectivity index is 1.43. The highest BCUT2D eigenvalue weighted by molar-refractivity contribution is 6.02. The maximum Gasteiger partial charge on any atom is 0.198 e. The predicted octanol–water partition coefficient (Wildman–Crippen LogP) is 4.69. The fraction of sp³-hybridized carbons (Fsp3) is 0.348. The summed E-state index contributed by atoms with van der Waals surface area (Å²) in [4.78, 5) is 12.3. The summed E-state index contributed by atoms with van der Waals surface area (Å²) in [5.74, 6) is -0.350. The number of benzene rings is 2. The minimum absolute atomic E-state index is 0.00749. The van der Waals surface area contributed by atoms with Crippen molar-refractivity contribution < 1.29 is 9.50 Å². The van der Waals surface area contributed by atoms with Gasteiger partial charge >= 0.3 is 0 Å². The summed E-state index contributed by atoms with van der Waals surface area (Å²) in [5, 5.41) is 10.7. The third-order valence-corrected chi connectivity index (χ3v) is 5.54. The summed E-state index contributed by atoms with van der Waals surface area (Å²) in [7, 11) is 0. The fourth-order valence-electron chi connectivity index (χ4n) is 3.80. The Morgan fingerprint density at radius 2 is 1.86 bits per heavy atom. The number of H-pyrrole nitrogens is 1. The van der Waals surface area contributed by atoms with E-state index in [1.165, 1.54) is 37.2 Å². The van der Waals surface area contributed by atoms with Crippen molar-refractivity contribution in [3.05, 3.63) is 53.8 Å². The van der Waals surface area contributed by atoms with Gasteiger partial charge in [0.15, 0.2) is 5.88 Å². The van der Waals surface area contributed by atoms with Gasteiger partial charge in [0, 0.05) is 49.0 Å². The van der Waals surface area contributed by atoms with Crippen molar-refractivity contribution in [1.82, 2.24) is 9.88 Å². The summed E-state index contributed by atoms with van der Waals surface area (Å²) in [5.41, 5.74) is 3.17. The largest absolute Gasteiger partial charge is 0.494 e. The van der Waals surface area contributed by atoms with Gasteiger partial charge in [-0.25, -0.2) is 4.39 Å². The van der Waals surface area contributed by atoms with Gasteiger partial charge in [-0.05, 0) is 55.4 Å². The summed E-state index contributed by atoms with van der Waals surface area (Å²) in [6.45, 7) is 7.73. The van der Waals surface area contributed by atoms with E-state index in [2.05, 4.69) is 38.8 Å². The van der Waals surface area contributed by atoms with Crippen LogP contribution in [0, 0.1) is 5.82 Å². The van der Waals surface area contributed by atoms with Crippen molar-refractivity contribution in [3.8, 4) is 5.88 Å². The minimum Gasteiger partial charge on any atom is -0.494 e. The lowest BCUT2D eigenvalue weighted by Crippen LogP contribution is -2.46. The molecule has 6 heteroatoms. The summed E-state index contributed by atoms with van der Waals surface area (Å²) < 4.78 is 13.5. The molecule has 1 fully saturated rings. The summed E-state index contributed by atoms with van der Waals surface area (Å²) in [6.07, 6.45) is 4.09. The maximum absolute atomic E-state index is 13.5. The van der Waals surface area contributed by atoms with E-state index in [0.29, 0.717) is 16.5 Å².